The number of nitrogens with zero attached hydrogens (tertiary/aromatic N) is 5. The number of aromatic nitrogens is 5. The maximum atomic E-state index is 14.3. The highest BCUT2D eigenvalue weighted by Crippen LogP contribution is 2.29. The standard InChI is InChI=1S/C28H22BrFN6O5/c1-27(2,14-31)16-5-3-15(4-6-16)12-28(25(37)38,26(39)40)41-13-22-19-8-7-18(11-21(19)32-33-22)36-23-10-17(29)9-20(30)24(23)34-35-36/h3-11H,12-13H2,1-2H3,(H,32,33)(H,37,38)(H,39,40). The van der Waals surface area contributed by atoms with Crippen LogP contribution in [-0.2, 0) is 32.8 Å². The van der Waals surface area contributed by atoms with Crippen molar-refractivity contribution in [1.82, 2.24) is 25.2 Å². The monoisotopic (exact) mass is 620 g/mol. The van der Waals surface area contributed by atoms with E-state index in [1.54, 1.807) is 62.4 Å². The van der Waals surface area contributed by atoms with E-state index in [2.05, 4.69) is 42.5 Å². The Morgan fingerprint density at radius 3 is 2.49 bits per heavy atom. The van der Waals surface area contributed by atoms with Gasteiger partial charge in [-0.25, -0.2) is 18.7 Å². The summed E-state index contributed by atoms with van der Waals surface area (Å²) in [7, 11) is 0. The van der Waals surface area contributed by atoms with E-state index in [9.17, 15) is 29.5 Å². The van der Waals surface area contributed by atoms with Gasteiger partial charge in [0.2, 0.25) is 0 Å². The van der Waals surface area contributed by atoms with Crippen molar-refractivity contribution in [2.24, 2.45) is 0 Å². The first-order valence-electron chi connectivity index (χ1n) is 12.2. The molecule has 0 aliphatic rings. The van der Waals surface area contributed by atoms with Gasteiger partial charge in [0.15, 0.2) is 5.82 Å². The van der Waals surface area contributed by atoms with Gasteiger partial charge in [-0.2, -0.15) is 10.4 Å². The zero-order chi connectivity index (χ0) is 29.5. The van der Waals surface area contributed by atoms with Crippen LogP contribution in [0.4, 0.5) is 4.39 Å². The second-order valence-electron chi connectivity index (χ2n) is 10.00. The number of benzene rings is 3. The normalized spacial score (nSPS) is 12.1. The number of fused-ring (bicyclic) bond motifs is 2. The molecule has 11 nitrogen and oxygen atoms in total. The van der Waals surface area contributed by atoms with E-state index in [0.717, 1.165) is 0 Å². The van der Waals surface area contributed by atoms with Crippen molar-refractivity contribution in [2.45, 2.75) is 37.9 Å². The van der Waals surface area contributed by atoms with Crippen molar-refractivity contribution in [3.63, 3.8) is 0 Å². The molecule has 0 amide bonds. The van der Waals surface area contributed by atoms with E-state index in [4.69, 9.17) is 4.74 Å². The van der Waals surface area contributed by atoms with Crippen LogP contribution in [0.15, 0.2) is 59.1 Å². The van der Waals surface area contributed by atoms with Crippen LogP contribution >= 0.6 is 15.9 Å². The molecule has 0 unspecified atom stereocenters. The molecule has 208 valence electrons. The molecule has 0 radical (unpaired) electrons. The molecule has 0 saturated heterocycles. The van der Waals surface area contributed by atoms with Crippen LogP contribution in [0.3, 0.4) is 0 Å². The Hall–Kier alpha value is -4.67. The Kier molecular flexibility index (Phi) is 7.06. The number of nitriles is 1. The number of rotatable bonds is 9. The molecule has 0 spiro atoms. The summed E-state index contributed by atoms with van der Waals surface area (Å²) in [6.07, 6.45) is -0.452. The number of carboxylic acids is 2. The molecule has 3 N–H and O–H groups in total. The van der Waals surface area contributed by atoms with E-state index in [1.807, 2.05) is 0 Å². The van der Waals surface area contributed by atoms with Gasteiger partial charge in [0.1, 0.15) is 5.52 Å². The van der Waals surface area contributed by atoms with Crippen molar-refractivity contribution in [2.75, 3.05) is 0 Å². The molecule has 41 heavy (non-hydrogen) atoms. The van der Waals surface area contributed by atoms with E-state index >= 15 is 0 Å². The van der Waals surface area contributed by atoms with E-state index in [0.29, 0.717) is 43.4 Å². The highest BCUT2D eigenvalue weighted by Gasteiger charge is 2.48. The van der Waals surface area contributed by atoms with Crippen LogP contribution in [-0.4, -0.2) is 52.9 Å². The number of aromatic amines is 1. The smallest absolute Gasteiger partial charge is 0.348 e. The molecule has 0 aliphatic heterocycles. The largest absolute Gasteiger partial charge is 0.479 e. The van der Waals surface area contributed by atoms with E-state index < -0.39 is 41.8 Å². The minimum atomic E-state index is -2.58. The summed E-state index contributed by atoms with van der Waals surface area (Å²) < 4.78 is 21.9. The zero-order valence-electron chi connectivity index (χ0n) is 21.7. The SMILES string of the molecule is CC(C)(C#N)c1ccc(CC(OCc2[nH]nc3cc(-n4nnc5c(F)cc(Br)cc54)ccc23)(C(=O)O)C(=O)O)cc1. The van der Waals surface area contributed by atoms with Crippen molar-refractivity contribution < 1.29 is 28.9 Å². The summed E-state index contributed by atoms with van der Waals surface area (Å²) in [6.45, 7) is 3.10. The second kappa shape index (κ2) is 10.4. The maximum absolute atomic E-state index is 14.3. The molecule has 2 aromatic heterocycles. The van der Waals surface area contributed by atoms with Gasteiger partial charge >= 0.3 is 11.9 Å². The fraction of sp³-hybridized carbons (Fsp3) is 0.214. The van der Waals surface area contributed by atoms with Gasteiger partial charge in [0.25, 0.3) is 5.60 Å². The zero-order valence-corrected chi connectivity index (χ0v) is 23.3. The third kappa shape index (κ3) is 5.03. The van der Waals surface area contributed by atoms with E-state index in [1.165, 1.54) is 10.7 Å². The summed E-state index contributed by atoms with van der Waals surface area (Å²) >= 11 is 3.27. The molecule has 5 aromatic rings. The number of aliphatic carboxylic acids is 2. The first-order valence-corrected chi connectivity index (χ1v) is 13.0. The number of ether oxygens (including phenoxy) is 1. The fourth-order valence-corrected chi connectivity index (χ4v) is 4.86. The number of carbonyl (C=O) groups is 2. The number of carboxylic acid groups (broad SMARTS) is 2. The highest BCUT2D eigenvalue weighted by atomic mass is 79.9. The molecule has 0 atom stereocenters. The molecular weight excluding hydrogens is 599 g/mol. The summed E-state index contributed by atoms with van der Waals surface area (Å²) in [5.41, 5.74) is -0.310. The third-order valence-electron chi connectivity index (χ3n) is 6.89. The van der Waals surface area contributed by atoms with Gasteiger partial charge in [-0.05, 0) is 55.3 Å². The first kappa shape index (κ1) is 27.9. The van der Waals surface area contributed by atoms with Gasteiger partial charge in [0, 0.05) is 16.3 Å². The summed E-state index contributed by atoms with van der Waals surface area (Å²) in [5.74, 6) is -3.84. The third-order valence-corrected chi connectivity index (χ3v) is 7.35. The molecular formula is C28H22BrFN6O5. The topological polar surface area (TPSA) is 167 Å². The Labute approximate surface area is 240 Å². The number of hydrogen-bond donors (Lipinski definition) is 3. The molecule has 3 aromatic carbocycles. The number of hydrogen-bond acceptors (Lipinski definition) is 7. The van der Waals surface area contributed by atoms with E-state index in [-0.39, 0.29) is 5.52 Å². The lowest BCUT2D eigenvalue weighted by Gasteiger charge is -2.25. The van der Waals surface area contributed by atoms with Gasteiger partial charge in [-0.1, -0.05) is 45.4 Å². The van der Waals surface area contributed by atoms with Crippen LogP contribution in [0.25, 0.3) is 27.6 Å². The quantitative estimate of drug-likeness (QED) is 0.198. The Morgan fingerprint density at radius 2 is 1.83 bits per heavy atom. The Morgan fingerprint density at radius 1 is 1.12 bits per heavy atom. The highest BCUT2D eigenvalue weighted by molar-refractivity contribution is 9.10. The van der Waals surface area contributed by atoms with Crippen LogP contribution < -0.4 is 0 Å². The van der Waals surface area contributed by atoms with Crippen molar-refractivity contribution in [3.8, 4) is 11.8 Å². The van der Waals surface area contributed by atoms with Crippen LogP contribution in [0.2, 0.25) is 0 Å². The van der Waals surface area contributed by atoms with Crippen molar-refractivity contribution in [3.05, 3.63) is 81.7 Å². The van der Waals surface area contributed by atoms with Crippen LogP contribution in [0, 0.1) is 17.1 Å². The Bertz CT molecular complexity index is 1840. The predicted octanol–water partition coefficient (Wildman–Crippen LogP) is 4.67. The molecule has 0 bridgehead atoms. The molecule has 0 saturated carbocycles. The minimum absolute atomic E-state index is 0.103. The Balaban J connectivity index is 1.42. The molecule has 0 fully saturated rings. The average molecular weight is 621 g/mol. The van der Waals surface area contributed by atoms with Crippen molar-refractivity contribution in [1.29, 1.82) is 5.26 Å². The van der Waals surface area contributed by atoms with Gasteiger partial charge in [-0.15, -0.1) is 5.10 Å². The fourth-order valence-electron chi connectivity index (χ4n) is 4.44. The molecule has 5 rings (SSSR count). The maximum Gasteiger partial charge on any atom is 0.348 e. The van der Waals surface area contributed by atoms with Crippen LogP contribution in [0.1, 0.15) is 30.7 Å². The lowest BCUT2D eigenvalue weighted by Crippen LogP contribution is -2.51. The number of nitrogens with one attached hydrogen (secondary N) is 1. The molecule has 13 heteroatoms. The lowest BCUT2D eigenvalue weighted by atomic mass is 9.85. The summed E-state index contributed by atoms with van der Waals surface area (Å²) in [4.78, 5) is 24.5. The number of H-pyrrole nitrogens is 1. The second-order valence-corrected chi connectivity index (χ2v) is 10.9. The van der Waals surface area contributed by atoms with Crippen LogP contribution in [0.5, 0.6) is 0 Å². The molecule has 2 heterocycles. The molecule has 0 aliphatic carbocycles. The number of halogens is 2. The van der Waals surface area contributed by atoms with Gasteiger partial charge < -0.3 is 14.9 Å². The lowest BCUT2D eigenvalue weighted by molar-refractivity contribution is -0.185. The first-order chi connectivity index (χ1) is 19.4. The van der Waals surface area contributed by atoms with Gasteiger partial charge in [0.05, 0.1) is 40.5 Å². The predicted molar refractivity (Wildman–Crippen MR) is 148 cm³/mol. The minimum Gasteiger partial charge on any atom is -0.479 e. The average Bonchev–Trinajstić information content (AvgIpc) is 3.55. The summed E-state index contributed by atoms with van der Waals surface area (Å²) in [5, 5.41) is 44.8. The summed E-state index contributed by atoms with van der Waals surface area (Å²) in [6, 6.07) is 16.7. The van der Waals surface area contributed by atoms with Gasteiger partial charge in [-0.3, -0.25) is 5.10 Å². The van der Waals surface area contributed by atoms with Crippen molar-refractivity contribution >= 4 is 49.8 Å².